The summed E-state index contributed by atoms with van der Waals surface area (Å²) in [5.74, 6) is -0.589. The molecule has 0 aliphatic rings. The van der Waals surface area contributed by atoms with Crippen LogP contribution < -0.4 is 21.9 Å². The Labute approximate surface area is 148 Å². The van der Waals surface area contributed by atoms with Gasteiger partial charge < -0.3 is 5.32 Å². The lowest BCUT2D eigenvalue weighted by molar-refractivity contribution is -0.122. The first-order valence-electron chi connectivity index (χ1n) is 7.74. The van der Waals surface area contributed by atoms with Crippen LogP contribution in [0.5, 0.6) is 0 Å². The highest BCUT2D eigenvalue weighted by Crippen LogP contribution is 2.04. The molecule has 0 saturated heterocycles. The van der Waals surface area contributed by atoms with Gasteiger partial charge in [0.2, 0.25) is 0 Å². The van der Waals surface area contributed by atoms with Gasteiger partial charge in [0.05, 0.1) is 5.69 Å². The lowest BCUT2D eigenvalue weighted by Crippen LogP contribution is -2.46. The lowest BCUT2D eigenvalue weighted by atomic mass is 10.3. The van der Waals surface area contributed by atoms with E-state index in [9.17, 15) is 14.4 Å². The molecule has 0 aliphatic carbocycles. The van der Waals surface area contributed by atoms with Crippen LogP contribution in [-0.2, 0) is 11.3 Å². The fourth-order valence-electron chi connectivity index (χ4n) is 2.20. The minimum absolute atomic E-state index is 0.329. The standard InChI is InChI=1S/C17H16N6O3/c24-15(20-21-16(25)19-13-7-3-1-4-8-13)11-23-17(26)22(12-18-23)14-9-5-2-6-10-14/h1-10,12H,11H2,(H,20,24)(H2,19,21,25). The van der Waals surface area contributed by atoms with Crippen LogP contribution in [0, 0.1) is 0 Å². The number of rotatable bonds is 4. The summed E-state index contributed by atoms with van der Waals surface area (Å²) < 4.78 is 2.32. The average Bonchev–Trinajstić information content (AvgIpc) is 3.02. The van der Waals surface area contributed by atoms with Gasteiger partial charge in [-0.25, -0.2) is 24.3 Å². The molecule has 9 nitrogen and oxygen atoms in total. The second-order valence-corrected chi connectivity index (χ2v) is 5.27. The van der Waals surface area contributed by atoms with E-state index in [4.69, 9.17) is 0 Å². The molecular formula is C17H16N6O3. The van der Waals surface area contributed by atoms with Crippen molar-refractivity contribution < 1.29 is 9.59 Å². The fraction of sp³-hybridized carbons (Fsp3) is 0.0588. The maximum absolute atomic E-state index is 12.3. The minimum atomic E-state index is -0.605. The molecule has 9 heteroatoms. The lowest BCUT2D eigenvalue weighted by Gasteiger charge is -2.08. The maximum atomic E-state index is 12.3. The first kappa shape index (κ1) is 17.0. The number of hydrogen-bond donors (Lipinski definition) is 3. The van der Waals surface area contributed by atoms with Crippen molar-refractivity contribution in [2.24, 2.45) is 0 Å². The van der Waals surface area contributed by atoms with Crippen LogP contribution in [0.2, 0.25) is 0 Å². The van der Waals surface area contributed by atoms with Gasteiger partial charge in [-0.2, -0.15) is 5.10 Å². The molecule has 2 aromatic carbocycles. The monoisotopic (exact) mass is 352 g/mol. The Morgan fingerprint density at radius 1 is 0.923 bits per heavy atom. The zero-order valence-corrected chi connectivity index (χ0v) is 13.6. The van der Waals surface area contributed by atoms with Gasteiger partial charge in [-0.05, 0) is 24.3 Å². The van der Waals surface area contributed by atoms with Crippen molar-refractivity contribution in [3.05, 3.63) is 77.5 Å². The second kappa shape index (κ2) is 7.79. The zero-order chi connectivity index (χ0) is 18.4. The Balaban J connectivity index is 1.55. The Morgan fingerprint density at radius 3 is 2.27 bits per heavy atom. The molecule has 26 heavy (non-hydrogen) atoms. The number of benzene rings is 2. The summed E-state index contributed by atoms with van der Waals surface area (Å²) >= 11 is 0. The van der Waals surface area contributed by atoms with Crippen LogP contribution in [0.4, 0.5) is 10.5 Å². The second-order valence-electron chi connectivity index (χ2n) is 5.27. The van der Waals surface area contributed by atoms with Crippen molar-refractivity contribution in [1.29, 1.82) is 0 Å². The van der Waals surface area contributed by atoms with E-state index in [-0.39, 0.29) is 6.54 Å². The van der Waals surface area contributed by atoms with E-state index >= 15 is 0 Å². The number of amides is 3. The Morgan fingerprint density at radius 2 is 1.58 bits per heavy atom. The largest absolute Gasteiger partial charge is 0.350 e. The summed E-state index contributed by atoms with van der Waals surface area (Å²) in [6, 6.07) is 17.1. The van der Waals surface area contributed by atoms with E-state index in [1.165, 1.54) is 10.9 Å². The van der Waals surface area contributed by atoms with Crippen molar-refractivity contribution in [1.82, 2.24) is 25.2 Å². The van der Waals surface area contributed by atoms with Crippen LogP contribution in [-0.4, -0.2) is 26.3 Å². The first-order valence-corrected chi connectivity index (χ1v) is 7.74. The van der Waals surface area contributed by atoms with E-state index in [2.05, 4.69) is 21.3 Å². The smallest absolute Gasteiger partial charge is 0.307 e. The molecule has 3 rings (SSSR count). The Hall–Kier alpha value is -3.88. The Bertz CT molecular complexity index is 949. The third kappa shape index (κ3) is 4.15. The number of para-hydroxylation sites is 2. The van der Waals surface area contributed by atoms with Gasteiger partial charge in [0.1, 0.15) is 12.9 Å². The van der Waals surface area contributed by atoms with Crippen LogP contribution in [0.3, 0.4) is 0 Å². The number of hydrazine groups is 1. The van der Waals surface area contributed by atoms with Gasteiger partial charge in [-0.1, -0.05) is 36.4 Å². The van der Waals surface area contributed by atoms with Gasteiger partial charge in [0.15, 0.2) is 0 Å². The number of hydrogen-bond acceptors (Lipinski definition) is 4. The third-order valence-electron chi connectivity index (χ3n) is 3.41. The quantitative estimate of drug-likeness (QED) is 0.606. The molecule has 0 radical (unpaired) electrons. The molecule has 132 valence electrons. The molecule has 0 bridgehead atoms. The van der Waals surface area contributed by atoms with E-state index in [1.54, 1.807) is 48.5 Å². The highest BCUT2D eigenvalue weighted by Gasteiger charge is 2.11. The van der Waals surface area contributed by atoms with E-state index in [0.717, 1.165) is 4.68 Å². The van der Waals surface area contributed by atoms with E-state index in [1.807, 2.05) is 12.1 Å². The average molecular weight is 352 g/mol. The molecule has 1 heterocycles. The SMILES string of the molecule is O=C(Cn1ncn(-c2ccccc2)c1=O)NNC(=O)Nc1ccccc1. The fourth-order valence-corrected chi connectivity index (χ4v) is 2.20. The molecule has 3 aromatic rings. The summed E-state index contributed by atoms with van der Waals surface area (Å²) in [5, 5.41) is 6.45. The number of carbonyl (C=O) groups excluding carboxylic acids is 2. The third-order valence-corrected chi connectivity index (χ3v) is 3.41. The number of carbonyl (C=O) groups is 2. The summed E-state index contributed by atoms with van der Waals surface area (Å²) in [6.07, 6.45) is 1.33. The molecule has 3 N–H and O–H groups in total. The van der Waals surface area contributed by atoms with Gasteiger partial charge in [-0.15, -0.1) is 0 Å². The van der Waals surface area contributed by atoms with E-state index in [0.29, 0.717) is 11.4 Å². The van der Waals surface area contributed by atoms with Crippen LogP contribution in [0.25, 0.3) is 5.69 Å². The first-order chi connectivity index (χ1) is 12.6. The summed E-state index contributed by atoms with van der Waals surface area (Å²) in [7, 11) is 0. The maximum Gasteiger partial charge on any atom is 0.350 e. The predicted octanol–water partition coefficient (Wildman–Crippen LogP) is 0.887. The van der Waals surface area contributed by atoms with Crippen molar-refractivity contribution in [2.45, 2.75) is 6.54 Å². The normalized spacial score (nSPS) is 10.2. The van der Waals surface area contributed by atoms with Gasteiger partial charge in [-0.3, -0.25) is 10.2 Å². The summed E-state index contributed by atoms with van der Waals surface area (Å²) in [4.78, 5) is 35.9. The molecule has 0 unspecified atom stereocenters. The molecule has 3 amide bonds. The van der Waals surface area contributed by atoms with Gasteiger partial charge >= 0.3 is 11.7 Å². The number of nitrogens with zero attached hydrogens (tertiary/aromatic N) is 3. The summed E-state index contributed by atoms with van der Waals surface area (Å²) in [5.41, 5.74) is 5.19. The molecule has 0 aliphatic heterocycles. The molecule has 0 saturated carbocycles. The molecular weight excluding hydrogens is 336 g/mol. The van der Waals surface area contributed by atoms with E-state index < -0.39 is 17.6 Å². The Kier molecular flexibility index (Phi) is 5.08. The molecule has 0 spiro atoms. The van der Waals surface area contributed by atoms with Crippen molar-refractivity contribution in [3.8, 4) is 5.69 Å². The highest BCUT2D eigenvalue weighted by atomic mass is 16.2. The summed E-state index contributed by atoms with van der Waals surface area (Å²) in [6.45, 7) is -0.329. The highest BCUT2D eigenvalue weighted by molar-refractivity contribution is 5.90. The molecule has 1 aromatic heterocycles. The van der Waals surface area contributed by atoms with Gasteiger partial charge in [0, 0.05) is 5.69 Å². The molecule has 0 atom stereocenters. The molecule has 0 fully saturated rings. The topological polar surface area (TPSA) is 110 Å². The number of anilines is 1. The number of aromatic nitrogens is 3. The van der Waals surface area contributed by atoms with Crippen LogP contribution in [0.1, 0.15) is 0 Å². The number of urea groups is 1. The number of nitrogens with one attached hydrogen (secondary N) is 3. The van der Waals surface area contributed by atoms with Crippen LogP contribution in [0.15, 0.2) is 71.8 Å². The van der Waals surface area contributed by atoms with Crippen LogP contribution >= 0.6 is 0 Å². The predicted molar refractivity (Wildman–Crippen MR) is 94.6 cm³/mol. The van der Waals surface area contributed by atoms with Crippen molar-refractivity contribution in [3.63, 3.8) is 0 Å². The minimum Gasteiger partial charge on any atom is -0.307 e. The van der Waals surface area contributed by atoms with Crippen molar-refractivity contribution >= 4 is 17.6 Å². The van der Waals surface area contributed by atoms with Crippen molar-refractivity contribution in [2.75, 3.05) is 5.32 Å². The van der Waals surface area contributed by atoms with Gasteiger partial charge in [0.25, 0.3) is 5.91 Å². The zero-order valence-electron chi connectivity index (χ0n) is 13.6.